The lowest BCUT2D eigenvalue weighted by molar-refractivity contribution is -0.115. The van der Waals surface area contributed by atoms with Gasteiger partial charge in [-0.2, -0.15) is 5.26 Å². The zero-order chi connectivity index (χ0) is 9.68. The Labute approximate surface area is 76.2 Å². The molecule has 1 heterocycles. The van der Waals surface area contributed by atoms with Crippen LogP contribution in [0.2, 0.25) is 0 Å². The van der Waals surface area contributed by atoms with E-state index in [4.69, 9.17) is 5.26 Å². The summed E-state index contributed by atoms with van der Waals surface area (Å²) < 4.78 is 0. The second kappa shape index (κ2) is 4.21. The second-order valence-corrected chi connectivity index (χ2v) is 2.57. The van der Waals surface area contributed by atoms with E-state index in [0.29, 0.717) is 5.69 Å². The van der Waals surface area contributed by atoms with Gasteiger partial charge >= 0.3 is 0 Å². The summed E-state index contributed by atoms with van der Waals surface area (Å²) in [5.41, 5.74) is 1.50. The number of pyridine rings is 1. The van der Waals surface area contributed by atoms with Crippen molar-refractivity contribution in [3.63, 3.8) is 0 Å². The first-order valence-corrected chi connectivity index (χ1v) is 3.82. The molecule has 1 aromatic rings. The molecule has 0 unspecified atom stereocenters. The first-order valence-electron chi connectivity index (χ1n) is 3.82. The second-order valence-electron chi connectivity index (χ2n) is 2.57. The Morgan fingerprint density at radius 3 is 3.15 bits per heavy atom. The third kappa shape index (κ3) is 2.91. The van der Waals surface area contributed by atoms with E-state index in [1.807, 2.05) is 6.92 Å². The highest BCUT2D eigenvalue weighted by Crippen LogP contribution is 2.06. The maximum Gasteiger partial charge on any atom is 0.238 e. The molecule has 0 atom stereocenters. The minimum absolute atomic E-state index is 0.124. The molecule has 0 radical (unpaired) electrons. The fraction of sp³-hybridized carbons (Fsp3) is 0.222. The third-order valence-electron chi connectivity index (χ3n) is 1.42. The van der Waals surface area contributed by atoms with Gasteiger partial charge in [-0.05, 0) is 19.1 Å². The summed E-state index contributed by atoms with van der Waals surface area (Å²) in [5.74, 6) is -0.298. The lowest BCUT2D eigenvalue weighted by atomic mass is 10.3. The Balaban J connectivity index is 2.65. The van der Waals surface area contributed by atoms with Crippen LogP contribution in [0.25, 0.3) is 0 Å². The van der Waals surface area contributed by atoms with Gasteiger partial charge in [-0.1, -0.05) is 0 Å². The van der Waals surface area contributed by atoms with Crippen LogP contribution in [0, 0.1) is 18.3 Å². The summed E-state index contributed by atoms with van der Waals surface area (Å²) in [5, 5.41) is 10.8. The highest BCUT2D eigenvalue weighted by Gasteiger charge is 2.00. The number of hydrogen-bond donors (Lipinski definition) is 1. The SMILES string of the molecule is Cc1cc(NC(=O)CC#N)ccn1. The predicted molar refractivity (Wildman–Crippen MR) is 47.8 cm³/mol. The Morgan fingerprint density at radius 1 is 1.77 bits per heavy atom. The average molecular weight is 175 g/mol. The van der Waals surface area contributed by atoms with Crippen LogP contribution in [0.5, 0.6) is 0 Å². The quantitative estimate of drug-likeness (QED) is 0.735. The van der Waals surface area contributed by atoms with Crippen LogP contribution >= 0.6 is 0 Å². The number of carbonyl (C=O) groups is 1. The van der Waals surface area contributed by atoms with Crippen molar-refractivity contribution in [2.24, 2.45) is 0 Å². The minimum Gasteiger partial charge on any atom is -0.325 e. The van der Waals surface area contributed by atoms with Gasteiger partial charge in [0.1, 0.15) is 6.42 Å². The summed E-state index contributed by atoms with van der Waals surface area (Å²) in [6.07, 6.45) is 1.48. The van der Waals surface area contributed by atoms with Gasteiger partial charge in [0.25, 0.3) is 0 Å². The highest BCUT2D eigenvalue weighted by atomic mass is 16.1. The lowest BCUT2D eigenvalue weighted by Crippen LogP contribution is -2.10. The van der Waals surface area contributed by atoms with Crippen LogP contribution in [-0.4, -0.2) is 10.9 Å². The normalized spacial score (nSPS) is 8.92. The van der Waals surface area contributed by atoms with Crippen LogP contribution in [0.4, 0.5) is 5.69 Å². The minimum atomic E-state index is -0.298. The third-order valence-corrected chi connectivity index (χ3v) is 1.42. The van der Waals surface area contributed by atoms with Crippen molar-refractivity contribution in [3.05, 3.63) is 24.0 Å². The average Bonchev–Trinajstić information content (AvgIpc) is 2.04. The fourth-order valence-electron chi connectivity index (χ4n) is 0.900. The van der Waals surface area contributed by atoms with E-state index in [-0.39, 0.29) is 12.3 Å². The molecule has 1 aromatic heterocycles. The summed E-state index contributed by atoms with van der Waals surface area (Å²) >= 11 is 0. The molecular formula is C9H9N3O. The maximum absolute atomic E-state index is 11.0. The van der Waals surface area contributed by atoms with Gasteiger partial charge in [0.2, 0.25) is 5.91 Å². The van der Waals surface area contributed by atoms with Crippen molar-refractivity contribution in [1.29, 1.82) is 5.26 Å². The van der Waals surface area contributed by atoms with Gasteiger partial charge in [0.15, 0.2) is 0 Å². The molecule has 0 bridgehead atoms. The zero-order valence-electron chi connectivity index (χ0n) is 7.24. The van der Waals surface area contributed by atoms with E-state index in [1.165, 1.54) is 0 Å². The molecule has 0 aliphatic rings. The number of amides is 1. The van der Waals surface area contributed by atoms with Crippen LogP contribution < -0.4 is 5.32 Å². The van der Waals surface area contributed by atoms with Crippen LogP contribution in [-0.2, 0) is 4.79 Å². The topological polar surface area (TPSA) is 65.8 Å². The molecule has 0 spiro atoms. The lowest BCUT2D eigenvalue weighted by Gasteiger charge is -2.01. The molecule has 1 amide bonds. The Kier molecular flexibility index (Phi) is 2.98. The molecule has 4 nitrogen and oxygen atoms in total. The van der Waals surface area contributed by atoms with Crippen LogP contribution in [0.15, 0.2) is 18.3 Å². The number of aromatic nitrogens is 1. The van der Waals surface area contributed by atoms with Crippen molar-refractivity contribution in [1.82, 2.24) is 4.98 Å². The number of nitrogens with one attached hydrogen (secondary N) is 1. The van der Waals surface area contributed by atoms with E-state index < -0.39 is 0 Å². The molecule has 0 aromatic carbocycles. The highest BCUT2D eigenvalue weighted by molar-refractivity contribution is 5.91. The van der Waals surface area contributed by atoms with Crippen LogP contribution in [0.3, 0.4) is 0 Å². The summed E-state index contributed by atoms with van der Waals surface area (Å²) in [4.78, 5) is 14.9. The van der Waals surface area contributed by atoms with E-state index >= 15 is 0 Å². The molecule has 66 valence electrons. The Hall–Kier alpha value is -1.89. The van der Waals surface area contributed by atoms with Gasteiger partial charge in [-0.3, -0.25) is 9.78 Å². The Bertz CT molecular complexity index is 354. The van der Waals surface area contributed by atoms with Crippen LogP contribution in [0.1, 0.15) is 12.1 Å². The number of rotatable bonds is 2. The molecule has 1 N–H and O–H groups in total. The number of nitriles is 1. The standard InChI is InChI=1S/C9H9N3O/c1-7-6-8(3-5-11-7)12-9(13)2-4-10/h3,5-6H,2H2,1H3,(H,11,12,13). The molecule has 0 aliphatic carbocycles. The largest absolute Gasteiger partial charge is 0.325 e. The summed E-state index contributed by atoms with van der Waals surface area (Å²) in [6.45, 7) is 1.83. The van der Waals surface area contributed by atoms with Crippen molar-refractivity contribution < 1.29 is 4.79 Å². The Morgan fingerprint density at radius 2 is 2.54 bits per heavy atom. The van der Waals surface area contributed by atoms with Crippen molar-refractivity contribution >= 4 is 11.6 Å². The van der Waals surface area contributed by atoms with Gasteiger partial charge in [0.05, 0.1) is 6.07 Å². The number of nitrogens with zero attached hydrogens (tertiary/aromatic N) is 2. The number of hydrogen-bond acceptors (Lipinski definition) is 3. The molecule has 4 heteroatoms. The van der Waals surface area contributed by atoms with Gasteiger partial charge in [0, 0.05) is 17.6 Å². The molecular weight excluding hydrogens is 166 g/mol. The molecule has 0 saturated heterocycles. The number of carbonyl (C=O) groups excluding carboxylic acids is 1. The van der Waals surface area contributed by atoms with E-state index in [1.54, 1.807) is 24.4 Å². The first kappa shape index (κ1) is 9.20. The molecule has 0 fully saturated rings. The van der Waals surface area contributed by atoms with Crippen molar-refractivity contribution in [2.75, 3.05) is 5.32 Å². The smallest absolute Gasteiger partial charge is 0.238 e. The van der Waals surface area contributed by atoms with Gasteiger partial charge in [-0.15, -0.1) is 0 Å². The van der Waals surface area contributed by atoms with Gasteiger partial charge in [-0.25, -0.2) is 0 Å². The van der Waals surface area contributed by atoms with E-state index in [9.17, 15) is 4.79 Å². The predicted octanol–water partition coefficient (Wildman–Crippen LogP) is 1.24. The maximum atomic E-state index is 11.0. The first-order chi connectivity index (χ1) is 6.22. The van der Waals surface area contributed by atoms with Crippen molar-refractivity contribution in [2.45, 2.75) is 13.3 Å². The molecule has 1 rings (SSSR count). The number of anilines is 1. The summed E-state index contributed by atoms with van der Waals surface area (Å²) in [6, 6.07) is 5.20. The number of aryl methyl sites for hydroxylation is 1. The van der Waals surface area contributed by atoms with Gasteiger partial charge < -0.3 is 5.32 Å². The van der Waals surface area contributed by atoms with E-state index in [0.717, 1.165) is 5.69 Å². The molecule has 0 saturated carbocycles. The van der Waals surface area contributed by atoms with E-state index in [2.05, 4.69) is 10.3 Å². The monoisotopic (exact) mass is 175 g/mol. The van der Waals surface area contributed by atoms with Crippen molar-refractivity contribution in [3.8, 4) is 6.07 Å². The summed E-state index contributed by atoms with van der Waals surface area (Å²) in [7, 11) is 0. The molecule has 13 heavy (non-hydrogen) atoms. The fourth-order valence-corrected chi connectivity index (χ4v) is 0.900. The molecule has 0 aliphatic heterocycles. The zero-order valence-corrected chi connectivity index (χ0v) is 7.24.